The minimum atomic E-state index is -2.85. The van der Waals surface area contributed by atoms with Crippen molar-refractivity contribution in [1.82, 2.24) is 34.2 Å². The summed E-state index contributed by atoms with van der Waals surface area (Å²) in [5.74, 6) is -0.153. The van der Waals surface area contributed by atoms with Crippen LogP contribution in [0.15, 0.2) is 35.4 Å². The number of hydrogen-bond acceptors (Lipinski definition) is 9. The molecule has 0 saturated heterocycles. The Kier molecular flexibility index (Phi) is 6.17. The first kappa shape index (κ1) is 25.0. The Bertz CT molecular complexity index is 1880. The lowest BCUT2D eigenvalue weighted by molar-refractivity contribution is -0.168. The second-order valence-corrected chi connectivity index (χ2v) is 11.2. The van der Waals surface area contributed by atoms with Crippen LogP contribution in [0.1, 0.15) is 49.7 Å². The zero-order chi connectivity index (χ0) is 33.1. The minimum absolute atomic E-state index is 0.00758. The fourth-order valence-corrected chi connectivity index (χ4v) is 5.91. The number of aromatic nitrogens is 6. The SMILES string of the molecule is [2H]C([2H])([2H])n1c(=O)n([C@H]2CC(NC(=O)OC)[C@H](F)C2)c2cc(Nc3ccc4cnn(C5(C(=O)OC(C)C)CC(F)C5)c4n3)ncc21. The Balaban J connectivity index is 1.37. The van der Waals surface area contributed by atoms with E-state index >= 15 is 0 Å². The van der Waals surface area contributed by atoms with Crippen LogP contribution in [-0.2, 0) is 26.8 Å². The number of nitrogens with zero attached hydrogens (tertiary/aromatic N) is 6. The molecule has 15 heteroatoms. The summed E-state index contributed by atoms with van der Waals surface area (Å²) in [6.45, 7) is 0.551. The summed E-state index contributed by atoms with van der Waals surface area (Å²) in [5.41, 5.74) is -1.74. The molecule has 6 rings (SSSR count). The number of amides is 1. The van der Waals surface area contributed by atoms with Crippen LogP contribution in [0.4, 0.5) is 25.2 Å². The van der Waals surface area contributed by atoms with Crippen LogP contribution in [0.2, 0.25) is 0 Å². The molecule has 2 aliphatic carbocycles. The molecule has 4 aromatic heterocycles. The van der Waals surface area contributed by atoms with E-state index in [2.05, 4.69) is 30.4 Å². The van der Waals surface area contributed by atoms with Gasteiger partial charge in [0.2, 0.25) is 0 Å². The first-order valence-corrected chi connectivity index (χ1v) is 13.8. The number of pyridine rings is 2. The van der Waals surface area contributed by atoms with Crippen molar-refractivity contribution in [3.63, 3.8) is 0 Å². The number of imidazole rings is 1. The van der Waals surface area contributed by atoms with Gasteiger partial charge in [0.1, 0.15) is 24.0 Å². The summed E-state index contributed by atoms with van der Waals surface area (Å²) in [7, 11) is 1.15. The molecular weight excluding hydrogens is 566 g/mol. The van der Waals surface area contributed by atoms with E-state index < -0.39 is 60.8 Å². The lowest BCUT2D eigenvalue weighted by atomic mass is 9.75. The standard InChI is InChI=1S/C28H32F2N8O5/c1-14(2)43-25(39)28(10-16(29)11-28)38-24-15(12-32-38)5-6-22(35-24)34-23-9-20-21(13-31-23)36(3)27(41)37(20)17-7-18(30)19(8-17)33-26(40)42-4/h5-6,9,12-14,16-19H,7-8,10-11H2,1-4H3,(H,33,40)(H,31,34,35)/t16?,17-,18-,19?,28?/m1/s1/i3D3. The topological polar surface area (TPSA) is 147 Å². The van der Waals surface area contributed by atoms with Crippen LogP contribution in [0.3, 0.4) is 0 Å². The van der Waals surface area contributed by atoms with Gasteiger partial charge in [-0.25, -0.2) is 37.8 Å². The van der Waals surface area contributed by atoms with Gasteiger partial charge in [0, 0.05) is 47.8 Å². The van der Waals surface area contributed by atoms with Gasteiger partial charge >= 0.3 is 17.8 Å². The average Bonchev–Trinajstić information content (AvgIpc) is 3.62. The van der Waals surface area contributed by atoms with Crippen LogP contribution in [0.25, 0.3) is 22.1 Å². The number of nitrogens with one attached hydrogen (secondary N) is 2. The third-order valence-corrected chi connectivity index (χ3v) is 7.99. The summed E-state index contributed by atoms with van der Waals surface area (Å²) < 4.78 is 66.2. The Hall–Kier alpha value is -4.56. The zero-order valence-corrected chi connectivity index (χ0v) is 23.6. The van der Waals surface area contributed by atoms with Gasteiger partial charge in [-0.15, -0.1) is 0 Å². The van der Waals surface area contributed by atoms with E-state index in [1.807, 2.05) is 0 Å². The number of carbonyl (C=O) groups is 2. The molecule has 1 amide bonds. The van der Waals surface area contributed by atoms with Crippen LogP contribution in [0, 0.1) is 0 Å². The monoisotopic (exact) mass is 601 g/mol. The van der Waals surface area contributed by atoms with E-state index in [0.29, 0.717) is 15.6 Å². The summed E-state index contributed by atoms with van der Waals surface area (Å²) in [4.78, 5) is 47.2. The van der Waals surface area contributed by atoms with E-state index in [4.69, 9.17) is 8.85 Å². The quantitative estimate of drug-likeness (QED) is 0.304. The Morgan fingerprint density at radius 1 is 1.16 bits per heavy atom. The number of methoxy groups -OCH3 is 1. The molecule has 2 aliphatic rings. The second kappa shape index (κ2) is 10.6. The number of halogens is 2. The average molecular weight is 602 g/mol. The summed E-state index contributed by atoms with van der Waals surface area (Å²) in [6, 6.07) is 3.07. The summed E-state index contributed by atoms with van der Waals surface area (Å²) >= 11 is 0. The highest BCUT2D eigenvalue weighted by Gasteiger charge is 2.55. The maximum atomic E-state index is 14.9. The highest BCUT2D eigenvalue weighted by Crippen LogP contribution is 2.44. The largest absolute Gasteiger partial charge is 0.461 e. The molecule has 0 aromatic carbocycles. The Labute approximate surface area is 248 Å². The zero-order valence-electron chi connectivity index (χ0n) is 26.6. The predicted molar refractivity (Wildman–Crippen MR) is 152 cm³/mol. The molecule has 3 atom stereocenters. The van der Waals surface area contributed by atoms with Gasteiger partial charge in [0.15, 0.2) is 11.2 Å². The van der Waals surface area contributed by atoms with Crippen LogP contribution in [-0.4, -0.2) is 72.5 Å². The van der Waals surface area contributed by atoms with Crippen molar-refractivity contribution in [2.45, 2.75) is 75.6 Å². The van der Waals surface area contributed by atoms with Crippen molar-refractivity contribution in [3.05, 3.63) is 41.1 Å². The van der Waals surface area contributed by atoms with Crippen molar-refractivity contribution in [1.29, 1.82) is 0 Å². The van der Waals surface area contributed by atoms with Crippen molar-refractivity contribution in [2.75, 3.05) is 12.4 Å². The number of anilines is 2. The molecular formula is C28H32F2N8O5. The number of rotatable bonds is 7. The number of esters is 1. The molecule has 228 valence electrons. The molecule has 4 heterocycles. The highest BCUT2D eigenvalue weighted by atomic mass is 19.1. The molecule has 4 aromatic rings. The molecule has 13 nitrogen and oxygen atoms in total. The fraction of sp³-hybridized carbons (Fsp3) is 0.500. The van der Waals surface area contributed by atoms with Crippen molar-refractivity contribution in [3.8, 4) is 0 Å². The molecule has 2 fully saturated rings. The Morgan fingerprint density at radius 3 is 2.65 bits per heavy atom. The number of aryl methyl sites for hydroxylation is 1. The number of carbonyl (C=O) groups excluding carboxylic acids is 2. The predicted octanol–water partition coefficient (Wildman–Crippen LogP) is 3.40. The maximum Gasteiger partial charge on any atom is 0.407 e. The first-order chi connectivity index (χ1) is 21.7. The third-order valence-electron chi connectivity index (χ3n) is 7.99. The molecule has 0 aliphatic heterocycles. The molecule has 2 N–H and O–H groups in total. The Morgan fingerprint density at radius 2 is 1.95 bits per heavy atom. The van der Waals surface area contributed by atoms with Gasteiger partial charge < -0.3 is 20.1 Å². The molecule has 0 radical (unpaired) electrons. The van der Waals surface area contributed by atoms with E-state index in [1.165, 1.54) is 27.7 Å². The van der Waals surface area contributed by atoms with Gasteiger partial charge in [0.05, 0.1) is 42.7 Å². The molecule has 2 saturated carbocycles. The first-order valence-electron chi connectivity index (χ1n) is 15.3. The number of alkyl carbamates (subject to hydrolysis) is 1. The summed E-state index contributed by atoms with van der Waals surface area (Å²) in [5, 5.41) is 10.4. The molecule has 1 unspecified atom stereocenters. The summed E-state index contributed by atoms with van der Waals surface area (Å²) in [6.07, 6.45) is -1.55. The second-order valence-electron chi connectivity index (χ2n) is 11.2. The number of fused-ring (bicyclic) bond motifs is 2. The van der Waals surface area contributed by atoms with Gasteiger partial charge in [-0.05, 0) is 32.4 Å². The normalized spacial score (nSPS) is 26.5. The number of alkyl halides is 2. The van der Waals surface area contributed by atoms with Gasteiger partial charge in [-0.2, -0.15) is 5.10 Å². The smallest absolute Gasteiger partial charge is 0.407 e. The van der Waals surface area contributed by atoms with Crippen molar-refractivity contribution in [2.24, 2.45) is 6.98 Å². The lowest BCUT2D eigenvalue weighted by Crippen LogP contribution is -2.55. The van der Waals surface area contributed by atoms with E-state index in [9.17, 15) is 23.2 Å². The van der Waals surface area contributed by atoms with E-state index in [1.54, 1.807) is 26.0 Å². The van der Waals surface area contributed by atoms with E-state index in [-0.39, 0.29) is 48.4 Å². The lowest BCUT2D eigenvalue weighted by Gasteiger charge is -2.42. The molecule has 0 bridgehead atoms. The fourth-order valence-electron chi connectivity index (χ4n) is 5.91. The van der Waals surface area contributed by atoms with Gasteiger partial charge in [0.25, 0.3) is 0 Å². The minimum Gasteiger partial charge on any atom is -0.461 e. The third kappa shape index (κ3) is 4.85. The highest BCUT2D eigenvalue weighted by molar-refractivity contribution is 5.85. The molecule has 0 spiro atoms. The maximum absolute atomic E-state index is 14.9. The van der Waals surface area contributed by atoms with Crippen molar-refractivity contribution >= 4 is 45.8 Å². The number of ether oxygens (including phenoxy) is 2. The van der Waals surface area contributed by atoms with Gasteiger partial charge in [-0.3, -0.25) is 9.13 Å². The van der Waals surface area contributed by atoms with Crippen molar-refractivity contribution < 1.29 is 32.0 Å². The van der Waals surface area contributed by atoms with Crippen LogP contribution < -0.4 is 16.3 Å². The number of hydrogen-bond donors (Lipinski definition) is 2. The van der Waals surface area contributed by atoms with Crippen LogP contribution in [0.5, 0.6) is 0 Å². The van der Waals surface area contributed by atoms with E-state index in [0.717, 1.165) is 7.11 Å². The van der Waals surface area contributed by atoms with Gasteiger partial charge in [-0.1, -0.05) is 0 Å². The van der Waals surface area contributed by atoms with Crippen LogP contribution >= 0.6 is 0 Å². The molecule has 43 heavy (non-hydrogen) atoms.